The molecule has 1 amide bonds. The number of hydrogen-bond donors (Lipinski definition) is 2. The van der Waals surface area contributed by atoms with Gasteiger partial charge in [-0.05, 0) is 42.3 Å². The Bertz CT molecular complexity index is 985. The highest BCUT2D eigenvalue weighted by Crippen LogP contribution is 2.25. The van der Waals surface area contributed by atoms with Gasteiger partial charge in [-0.3, -0.25) is 10.1 Å². The van der Waals surface area contributed by atoms with E-state index in [0.717, 1.165) is 28.5 Å². The summed E-state index contributed by atoms with van der Waals surface area (Å²) in [6.07, 6.45) is 0. The highest BCUT2D eigenvalue weighted by atomic mass is 19.2. The Labute approximate surface area is 155 Å². The van der Waals surface area contributed by atoms with Gasteiger partial charge in [0.25, 0.3) is 0 Å². The molecule has 6 heteroatoms. The van der Waals surface area contributed by atoms with Crippen LogP contribution in [0.15, 0.2) is 54.6 Å². The maximum absolute atomic E-state index is 13.7. The summed E-state index contributed by atoms with van der Waals surface area (Å²) in [7, 11) is 0. The number of halogens is 3. The molecular weight excluding hydrogens is 353 g/mol. The summed E-state index contributed by atoms with van der Waals surface area (Å²) in [4.78, 5) is 12.3. The van der Waals surface area contributed by atoms with Crippen molar-refractivity contribution in [2.45, 2.75) is 25.9 Å². The summed E-state index contributed by atoms with van der Waals surface area (Å²) >= 11 is 0. The fourth-order valence-corrected chi connectivity index (χ4v) is 3.03. The lowest BCUT2D eigenvalue weighted by Crippen LogP contribution is -2.39. The smallest absolute Gasteiger partial charge is 0.241 e. The van der Waals surface area contributed by atoms with Crippen molar-refractivity contribution in [3.05, 3.63) is 77.6 Å². The van der Waals surface area contributed by atoms with Crippen LogP contribution in [0.25, 0.3) is 10.8 Å². The monoisotopic (exact) mass is 372 g/mol. The van der Waals surface area contributed by atoms with Crippen LogP contribution in [0, 0.1) is 17.5 Å². The Balaban J connectivity index is 1.73. The molecule has 2 atom stereocenters. The van der Waals surface area contributed by atoms with Crippen LogP contribution >= 0.6 is 0 Å². The third-order valence-corrected chi connectivity index (χ3v) is 4.48. The minimum absolute atomic E-state index is 0.161. The molecule has 0 aliphatic heterocycles. The van der Waals surface area contributed by atoms with E-state index in [0.29, 0.717) is 0 Å². The summed E-state index contributed by atoms with van der Waals surface area (Å²) < 4.78 is 40.0. The zero-order chi connectivity index (χ0) is 19.6. The van der Waals surface area contributed by atoms with Gasteiger partial charge in [0, 0.05) is 6.04 Å². The molecule has 140 valence electrons. The molecule has 0 spiro atoms. The first-order valence-corrected chi connectivity index (χ1v) is 8.56. The first-order chi connectivity index (χ1) is 12.9. The summed E-state index contributed by atoms with van der Waals surface area (Å²) in [5, 5.41) is 7.60. The molecule has 0 heterocycles. The molecule has 3 rings (SSSR count). The minimum Gasteiger partial charge on any atom is -0.322 e. The zero-order valence-corrected chi connectivity index (χ0v) is 14.9. The van der Waals surface area contributed by atoms with E-state index in [1.54, 1.807) is 6.92 Å². The van der Waals surface area contributed by atoms with Gasteiger partial charge in [-0.2, -0.15) is 0 Å². The molecule has 2 N–H and O–H groups in total. The number of carbonyl (C=O) groups is 1. The third kappa shape index (κ3) is 3.95. The zero-order valence-electron chi connectivity index (χ0n) is 14.9. The van der Waals surface area contributed by atoms with Gasteiger partial charge in [0.1, 0.15) is 0 Å². The molecule has 0 aliphatic rings. The van der Waals surface area contributed by atoms with Crippen LogP contribution in [0.2, 0.25) is 0 Å². The second-order valence-corrected chi connectivity index (χ2v) is 6.39. The van der Waals surface area contributed by atoms with Gasteiger partial charge in [-0.25, -0.2) is 13.2 Å². The molecule has 0 aromatic heterocycles. The quantitative estimate of drug-likeness (QED) is 0.623. The molecule has 3 aromatic rings. The number of amides is 1. The van der Waals surface area contributed by atoms with Crippen LogP contribution in [0.1, 0.15) is 25.5 Å². The number of rotatable bonds is 5. The molecule has 0 unspecified atom stereocenters. The van der Waals surface area contributed by atoms with Gasteiger partial charge in [-0.15, -0.1) is 0 Å². The first kappa shape index (κ1) is 18.9. The molecule has 0 fully saturated rings. The molecule has 0 saturated carbocycles. The van der Waals surface area contributed by atoms with Crippen LogP contribution in [0.4, 0.5) is 18.9 Å². The Morgan fingerprint density at radius 1 is 0.889 bits per heavy atom. The van der Waals surface area contributed by atoms with Crippen LogP contribution in [0.3, 0.4) is 0 Å². The van der Waals surface area contributed by atoms with Gasteiger partial charge < -0.3 is 5.32 Å². The van der Waals surface area contributed by atoms with Crippen molar-refractivity contribution in [2.75, 3.05) is 5.32 Å². The lowest BCUT2D eigenvalue weighted by Gasteiger charge is -2.21. The van der Waals surface area contributed by atoms with Crippen molar-refractivity contribution in [1.82, 2.24) is 5.32 Å². The van der Waals surface area contributed by atoms with Crippen LogP contribution in [-0.2, 0) is 4.79 Å². The Morgan fingerprint density at radius 3 is 2.37 bits per heavy atom. The van der Waals surface area contributed by atoms with E-state index in [9.17, 15) is 18.0 Å². The maximum atomic E-state index is 13.7. The predicted molar refractivity (Wildman–Crippen MR) is 99.9 cm³/mol. The van der Waals surface area contributed by atoms with E-state index in [4.69, 9.17) is 0 Å². The average Bonchev–Trinajstić information content (AvgIpc) is 2.67. The van der Waals surface area contributed by atoms with Gasteiger partial charge in [0.2, 0.25) is 5.91 Å². The largest absolute Gasteiger partial charge is 0.322 e. The Morgan fingerprint density at radius 2 is 1.59 bits per heavy atom. The average molecular weight is 372 g/mol. The van der Waals surface area contributed by atoms with Gasteiger partial charge in [0.15, 0.2) is 17.5 Å². The standard InChI is InChI=1S/C21H19F3N2O/c1-12(15-9-5-7-14-6-3-4-8-16(14)15)25-13(2)21(27)26-18-11-10-17(22)19(23)20(18)24/h3-13,25H,1-2H3,(H,26,27)/t12-,13+/m1/s1. The van der Waals surface area contributed by atoms with Gasteiger partial charge in [-0.1, -0.05) is 42.5 Å². The van der Waals surface area contributed by atoms with Crippen molar-refractivity contribution in [2.24, 2.45) is 0 Å². The molecule has 3 aromatic carbocycles. The summed E-state index contributed by atoms with van der Waals surface area (Å²) in [5.74, 6) is -4.89. The predicted octanol–water partition coefficient (Wildman–Crippen LogP) is 4.93. The van der Waals surface area contributed by atoms with E-state index in [-0.39, 0.29) is 6.04 Å². The summed E-state index contributed by atoms with van der Waals surface area (Å²) in [6.45, 7) is 3.54. The fraction of sp³-hybridized carbons (Fsp3) is 0.190. The van der Waals surface area contributed by atoms with E-state index in [2.05, 4.69) is 10.6 Å². The molecule has 0 bridgehead atoms. The van der Waals surface area contributed by atoms with E-state index >= 15 is 0 Å². The molecule has 0 radical (unpaired) electrons. The van der Waals surface area contributed by atoms with Crippen LogP contribution in [-0.4, -0.2) is 11.9 Å². The molecule has 3 nitrogen and oxygen atoms in total. The Hall–Kier alpha value is -2.86. The van der Waals surface area contributed by atoms with Crippen LogP contribution < -0.4 is 10.6 Å². The van der Waals surface area contributed by atoms with Crippen LogP contribution in [0.5, 0.6) is 0 Å². The van der Waals surface area contributed by atoms with Crippen molar-refractivity contribution in [3.8, 4) is 0 Å². The molecule has 0 saturated heterocycles. The van der Waals surface area contributed by atoms with Gasteiger partial charge >= 0.3 is 0 Å². The minimum atomic E-state index is -1.61. The number of anilines is 1. The van der Waals surface area contributed by atoms with Gasteiger partial charge in [0.05, 0.1) is 11.7 Å². The SMILES string of the molecule is C[C@H](N[C@H](C)c1cccc2ccccc12)C(=O)Nc1ccc(F)c(F)c1F. The number of nitrogens with one attached hydrogen (secondary N) is 2. The molecular formula is C21H19F3N2O. The maximum Gasteiger partial charge on any atom is 0.241 e. The number of hydrogen-bond acceptors (Lipinski definition) is 2. The second kappa shape index (κ2) is 7.80. The number of benzene rings is 3. The molecule has 27 heavy (non-hydrogen) atoms. The van der Waals surface area contributed by atoms with Crippen molar-refractivity contribution >= 4 is 22.4 Å². The highest BCUT2D eigenvalue weighted by molar-refractivity contribution is 5.94. The normalized spacial score (nSPS) is 13.4. The van der Waals surface area contributed by atoms with Crippen molar-refractivity contribution < 1.29 is 18.0 Å². The van der Waals surface area contributed by atoms with E-state index in [1.807, 2.05) is 49.4 Å². The lowest BCUT2D eigenvalue weighted by atomic mass is 9.99. The highest BCUT2D eigenvalue weighted by Gasteiger charge is 2.20. The molecule has 0 aliphatic carbocycles. The van der Waals surface area contributed by atoms with E-state index < -0.39 is 35.1 Å². The summed E-state index contributed by atoms with van der Waals surface area (Å²) in [5.41, 5.74) is 0.622. The second-order valence-electron chi connectivity index (χ2n) is 6.39. The number of fused-ring (bicyclic) bond motifs is 1. The summed E-state index contributed by atoms with van der Waals surface area (Å²) in [6, 6.07) is 14.7. The van der Waals surface area contributed by atoms with Crippen molar-refractivity contribution in [3.63, 3.8) is 0 Å². The topological polar surface area (TPSA) is 41.1 Å². The van der Waals surface area contributed by atoms with E-state index in [1.165, 1.54) is 0 Å². The lowest BCUT2D eigenvalue weighted by molar-refractivity contribution is -0.118. The van der Waals surface area contributed by atoms with Crippen molar-refractivity contribution in [1.29, 1.82) is 0 Å². The number of carbonyl (C=O) groups excluding carboxylic acids is 1. The fourth-order valence-electron chi connectivity index (χ4n) is 3.03. The Kier molecular flexibility index (Phi) is 5.46. The first-order valence-electron chi connectivity index (χ1n) is 8.56. The third-order valence-electron chi connectivity index (χ3n) is 4.48.